The van der Waals surface area contributed by atoms with Gasteiger partial charge < -0.3 is 11.2 Å². The Labute approximate surface area is 167 Å². The molecule has 0 saturated carbocycles. The van der Waals surface area contributed by atoms with Crippen LogP contribution < -0.4 is 16.6 Å². The third-order valence-corrected chi connectivity index (χ3v) is 3.54. The number of pyridine rings is 2. The first-order chi connectivity index (χ1) is 11.5. The molecule has 2 heterocycles. The van der Waals surface area contributed by atoms with Gasteiger partial charge in [0, 0.05) is 22.7 Å². The van der Waals surface area contributed by atoms with E-state index in [0.717, 1.165) is 5.69 Å². The number of carbonyl (C=O) groups is 1. The third kappa shape index (κ3) is 4.82. The van der Waals surface area contributed by atoms with Crippen molar-refractivity contribution >= 4 is 47.5 Å². The summed E-state index contributed by atoms with van der Waals surface area (Å²) in [5.41, 5.74) is 5.96. The Balaban J connectivity index is 0.00000225. The summed E-state index contributed by atoms with van der Waals surface area (Å²) in [5.74, 6) is -0.599. The van der Waals surface area contributed by atoms with Gasteiger partial charge in [-0.2, -0.15) is 0 Å². The van der Waals surface area contributed by atoms with Crippen molar-refractivity contribution in [3.63, 3.8) is 0 Å². The van der Waals surface area contributed by atoms with Crippen LogP contribution in [0.25, 0.3) is 16.6 Å². The third-order valence-electron chi connectivity index (χ3n) is 3.54. The van der Waals surface area contributed by atoms with Gasteiger partial charge in [-0.05, 0) is 25.1 Å². The molecule has 6 N–H and O–H groups in total. The Morgan fingerprint density at radius 1 is 1.11 bits per heavy atom. The summed E-state index contributed by atoms with van der Waals surface area (Å²) in [4.78, 5) is 29.5. The molecular formula is C17H19Cl2N5O3. The van der Waals surface area contributed by atoms with Crippen LogP contribution in [-0.2, 0) is 0 Å². The summed E-state index contributed by atoms with van der Waals surface area (Å²) in [6.07, 6.45) is 1.42. The molecule has 10 heteroatoms. The van der Waals surface area contributed by atoms with Crippen LogP contribution in [-0.4, -0.2) is 26.9 Å². The van der Waals surface area contributed by atoms with E-state index in [2.05, 4.69) is 10.3 Å². The molecule has 1 aromatic carbocycles. The SMILES string of the molecule is Cc1cccc(-n2cc(C(=O)NC(=N)N)c3ccccc3c2=O)n1.Cl.Cl.O. The van der Waals surface area contributed by atoms with E-state index in [9.17, 15) is 9.59 Å². The Bertz CT molecular complexity index is 1040. The predicted octanol–water partition coefficient (Wildman–Crippen LogP) is 1.34. The lowest BCUT2D eigenvalue weighted by Gasteiger charge is -2.12. The number of guanidine groups is 1. The normalized spacial score (nSPS) is 9.37. The highest BCUT2D eigenvalue weighted by Gasteiger charge is 2.16. The highest BCUT2D eigenvalue weighted by Crippen LogP contribution is 2.17. The van der Waals surface area contributed by atoms with E-state index in [1.54, 1.807) is 36.4 Å². The molecule has 0 saturated heterocycles. The van der Waals surface area contributed by atoms with Crippen LogP contribution in [0.4, 0.5) is 0 Å². The van der Waals surface area contributed by atoms with Crippen LogP contribution in [0.2, 0.25) is 0 Å². The van der Waals surface area contributed by atoms with Gasteiger partial charge >= 0.3 is 0 Å². The van der Waals surface area contributed by atoms with E-state index >= 15 is 0 Å². The van der Waals surface area contributed by atoms with Gasteiger partial charge in [0.2, 0.25) is 0 Å². The van der Waals surface area contributed by atoms with Crippen LogP contribution in [0.5, 0.6) is 0 Å². The number of carbonyl (C=O) groups excluding carboxylic acids is 1. The van der Waals surface area contributed by atoms with Crippen molar-refractivity contribution in [1.82, 2.24) is 14.9 Å². The molecule has 0 spiro atoms. The molecule has 144 valence electrons. The number of nitrogens with zero attached hydrogens (tertiary/aromatic N) is 2. The van der Waals surface area contributed by atoms with Crippen LogP contribution in [0.15, 0.2) is 53.5 Å². The summed E-state index contributed by atoms with van der Waals surface area (Å²) in [6.45, 7) is 1.82. The minimum absolute atomic E-state index is 0. The monoisotopic (exact) mass is 411 g/mol. The molecule has 0 aliphatic rings. The Hall–Kier alpha value is -2.94. The van der Waals surface area contributed by atoms with Gasteiger partial charge in [0.25, 0.3) is 11.5 Å². The number of rotatable bonds is 2. The zero-order valence-corrected chi connectivity index (χ0v) is 15.9. The largest absolute Gasteiger partial charge is 0.412 e. The van der Waals surface area contributed by atoms with E-state index < -0.39 is 11.9 Å². The fourth-order valence-corrected chi connectivity index (χ4v) is 2.50. The summed E-state index contributed by atoms with van der Waals surface area (Å²) >= 11 is 0. The molecule has 0 radical (unpaired) electrons. The zero-order valence-electron chi connectivity index (χ0n) is 14.2. The Morgan fingerprint density at radius 3 is 2.33 bits per heavy atom. The zero-order chi connectivity index (χ0) is 17.3. The number of hydrogen-bond donors (Lipinski definition) is 3. The van der Waals surface area contributed by atoms with E-state index in [4.69, 9.17) is 11.1 Å². The fraction of sp³-hybridized carbons (Fsp3) is 0.0588. The van der Waals surface area contributed by atoms with Crippen molar-refractivity contribution in [2.75, 3.05) is 0 Å². The van der Waals surface area contributed by atoms with Crippen LogP contribution in [0.3, 0.4) is 0 Å². The van der Waals surface area contributed by atoms with Gasteiger partial charge in [-0.15, -0.1) is 24.8 Å². The number of nitrogens with one attached hydrogen (secondary N) is 2. The first kappa shape index (κ1) is 24.1. The number of fused-ring (bicyclic) bond motifs is 1. The molecule has 0 bridgehead atoms. The van der Waals surface area contributed by atoms with Crippen molar-refractivity contribution in [3.8, 4) is 5.82 Å². The summed E-state index contributed by atoms with van der Waals surface area (Å²) in [6, 6.07) is 12.1. The first-order valence-corrected chi connectivity index (χ1v) is 7.21. The fourth-order valence-electron chi connectivity index (χ4n) is 2.50. The first-order valence-electron chi connectivity index (χ1n) is 7.21. The van der Waals surface area contributed by atoms with E-state index in [0.29, 0.717) is 16.6 Å². The van der Waals surface area contributed by atoms with Gasteiger partial charge in [-0.3, -0.25) is 24.9 Å². The maximum atomic E-state index is 12.8. The molecule has 2 aromatic heterocycles. The van der Waals surface area contributed by atoms with Gasteiger partial charge in [-0.1, -0.05) is 24.3 Å². The van der Waals surface area contributed by atoms with Crippen molar-refractivity contribution in [2.24, 2.45) is 5.73 Å². The molecule has 27 heavy (non-hydrogen) atoms. The molecule has 0 aliphatic carbocycles. The molecule has 3 aromatic rings. The number of benzene rings is 1. The molecule has 3 rings (SSSR count). The van der Waals surface area contributed by atoms with E-state index in [1.165, 1.54) is 10.8 Å². The number of aryl methyl sites for hydroxylation is 1. The Kier molecular flexibility index (Phi) is 8.62. The van der Waals surface area contributed by atoms with Crippen LogP contribution in [0.1, 0.15) is 16.1 Å². The second-order valence-corrected chi connectivity index (χ2v) is 5.27. The topological polar surface area (TPSA) is 145 Å². The summed E-state index contributed by atoms with van der Waals surface area (Å²) in [5, 5.41) is 10.4. The van der Waals surface area contributed by atoms with Crippen molar-refractivity contribution < 1.29 is 10.3 Å². The maximum absolute atomic E-state index is 12.8. The van der Waals surface area contributed by atoms with E-state index in [-0.39, 0.29) is 41.4 Å². The van der Waals surface area contributed by atoms with E-state index in [1.807, 2.05) is 13.0 Å². The highest BCUT2D eigenvalue weighted by atomic mass is 35.5. The minimum atomic E-state index is -0.555. The second kappa shape index (κ2) is 9.67. The molecule has 1 amide bonds. The van der Waals surface area contributed by atoms with Gasteiger partial charge in [0.1, 0.15) is 5.82 Å². The predicted molar refractivity (Wildman–Crippen MR) is 110 cm³/mol. The lowest BCUT2D eigenvalue weighted by atomic mass is 10.1. The maximum Gasteiger partial charge on any atom is 0.264 e. The average Bonchev–Trinajstić information content (AvgIpc) is 2.54. The van der Waals surface area contributed by atoms with Gasteiger partial charge in [-0.25, -0.2) is 4.98 Å². The molecule has 0 unspecified atom stereocenters. The quantitative estimate of drug-likeness (QED) is 0.431. The lowest BCUT2D eigenvalue weighted by molar-refractivity contribution is 0.0977. The van der Waals surface area contributed by atoms with Crippen LogP contribution in [0, 0.1) is 12.3 Å². The minimum Gasteiger partial charge on any atom is -0.412 e. The lowest BCUT2D eigenvalue weighted by Crippen LogP contribution is -2.36. The number of hydrogen-bond acceptors (Lipinski definition) is 4. The standard InChI is InChI=1S/C17H15N5O2.2ClH.H2O/c1-10-5-4-8-14(20-10)22-9-13(15(23)21-17(18)19)11-6-2-3-7-12(11)16(22)24;;;/h2-9H,1H3,(H4,18,19,21,23);2*1H;1H2. The smallest absolute Gasteiger partial charge is 0.264 e. The molecule has 0 fully saturated rings. The number of nitrogens with two attached hydrogens (primary N) is 1. The second-order valence-electron chi connectivity index (χ2n) is 5.27. The molecule has 0 aliphatic heterocycles. The number of halogens is 2. The molecular weight excluding hydrogens is 393 g/mol. The van der Waals surface area contributed by atoms with Gasteiger partial charge in [0.15, 0.2) is 5.96 Å². The summed E-state index contributed by atoms with van der Waals surface area (Å²) < 4.78 is 1.32. The van der Waals surface area contributed by atoms with Crippen molar-refractivity contribution in [1.29, 1.82) is 5.41 Å². The highest BCUT2D eigenvalue weighted by molar-refractivity contribution is 6.11. The summed E-state index contributed by atoms with van der Waals surface area (Å²) in [7, 11) is 0. The molecule has 0 atom stereocenters. The molecule has 8 nitrogen and oxygen atoms in total. The number of aromatic nitrogens is 2. The average molecular weight is 412 g/mol. The van der Waals surface area contributed by atoms with Crippen LogP contribution >= 0.6 is 24.8 Å². The van der Waals surface area contributed by atoms with Crippen molar-refractivity contribution in [3.05, 3.63) is 70.3 Å². The van der Waals surface area contributed by atoms with Crippen molar-refractivity contribution in [2.45, 2.75) is 6.92 Å². The van der Waals surface area contributed by atoms with Gasteiger partial charge in [0.05, 0.1) is 5.56 Å². The number of amides is 1. The Morgan fingerprint density at radius 2 is 1.74 bits per heavy atom.